The maximum atomic E-state index is 12.6. The number of amides is 2. The van der Waals surface area contributed by atoms with E-state index in [0.29, 0.717) is 0 Å². The largest absolute Gasteiger partial charge is 0.394 e. The van der Waals surface area contributed by atoms with E-state index in [1.165, 1.54) is 20.8 Å². The SMILES string of the molecule is CC(=O)NC1C(O)OC(CO[C@@H]2OC(C)[C@@H](O)C(O)[C@H]2O)[C@@H](O[C@@H]2O[C@@H](CO)[C@@H](O[C@@H]3OC(CO)[C@@H](O[C@@H]4O[C@@H](CO)[C@@H](O[C@@H]5OC(CO)[C@@H](O)[C@H](O)C5N)C(O)C4C)[C@H](O)C3NC(C)=O)C(O)C2C)[C@@H]1O. The molecule has 30 nitrogen and oxygen atoms in total. The molecule has 0 radical (unpaired) electrons. The maximum absolute atomic E-state index is 12.6. The molecule has 6 saturated heterocycles. The molecule has 0 bridgehead atoms. The average molecular weight is 1050 g/mol. The number of hydrogen-bond acceptors (Lipinski definition) is 28. The molecule has 18 N–H and O–H groups in total. The lowest BCUT2D eigenvalue weighted by atomic mass is 9.90. The molecule has 0 aliphatic carbocycles. The number of nitrogens with one attached hydrogen (secondary N) is 2. The zero-order valence-corrected chi connectivity index (χ0v) is 40.0. The lowest BCUT2D eigenvalue weighted by Gasteiger charge is -2.51. The Morgan fingerprint density at radius 1 is 0.444 bits per heavy atom. The molecule has 2 amide bonds. The molecular weight excluding hydrogens is 978 g/mol. The Hall–Kier alpha value is -2.10. The Kier molecular flexibility index (Phi) is 20.8. The zero-order chi connectivity index (χ0) is 53.2. The minimum atomic E-state index is -1.85. The van der Waals surface area contributed by atoms with Gasteiger partial charge in [0.2, 0.25) is 11.8 Å². The van der Waals surface area contributed by atoms with Gasteiger partial charge in [0.25, 0.3) is 0 Å². The van der Waals surface area contributed by atoms with E-state index in [4.69, 9.17) is 57.8 Å². The van der Waals surface area contributed by atoms with Crippen LogP contribution in [0.3, 0.4) is 0 Å². The summed E-state index contributed by atoms with van der Waals surface area (Å²) in [7, 11) is 0. The monoisotopic (exact) mass is 1050 g/mol. The lowest BCUT2D eigenvalue weighted by molar-refractivity contribution is -0.374. The summed E-state index contributed by atoms with van der Waals surface area (Å²) in [6.45, 7) is 2.63. The molecule has 6 aliphatic heterocycles. The summed E-state index contributed by atoms with van der Waals surface area (Å²) >= 11 is 0. The van der Waals surface area contributed by atoms with Crippen molar-refractivity contribution in [3.8, 4) is 0 Å². The van der Waals surface area contributed by atoms with Gasteiger partial charge in [-0.05, 0) is 6.92 Å². The van der Waals surface area contributed by atoms with Crippen LogP contribution in [0.15, 0.2) is 0 Å². The van der Waals surface area contributed by atoms with Crippen molar-refractivity contribution in [1.82, 2.24) is 10.6 Å². The molecule has 0 saturated carbocycles. The van der Waals surface area contributed by atoms with Gasteiger partial charge >= 0.3 is 0 Å². The normalized spacial score (nSPS) is 50.3. The van der Waals surface area contributed by atoms with Gasteiger partial charge in [0.05, 0.1) is 57.4 Å². The Morgan fingerprint density at radius 3 is 1.36 bits per heavy atom. The molecule has 6 aliphatic rings. The number of hydrogen-bond donors (Lipinski definition) is 17. The standard InChI is InChI=1S/C42H73N3O27/c1-11-24(52)33(71-40-21(43)28(56)27(55)16(6-46)65-40)17(7-47)66-38(11)69-35-19(9-49)68-41(23(30(35)58)45-15(5)51)72-34-18(8-48)67-39(12(2)25(34)53)70-36-20(64-37(61)22(29(36)57)44-14(4)50)10-62-42-32(60)31(59)26(54)13(3)63-42/h11-13,16-42,46-49,52-61H,6-10,43H2,1-5H3,(H,44,50)(H,45,51)/t11?,12?,13?,16?,17-,18-,19?,20?,21?,22?,23?,24?,25?,26+,27+,28+,29+,30+,31?,32+,33+,34+,35+,36+,37?,38-,39-,40-,41-,42+/m0/s1. The molecule has 418 valence electrons. The van der Waals surface area contributed by atoms with E-state index in [9.17, 15) is 81.1 Å². The van der Waals surface area contributed by atoms with Crippen molar-refractivity contribution in [1.29, 1.82) is 0 Å². The predicted octanol–water partition coefficient (Wildman–Crippen LogP) is -10.3. The fourth-order valence-electron chi connectivity index (χ4n) is 9.60. The number of nitrogens with two attached hydrogens (primary N) is 1. The van der Waals surface area contributed by atoms with Crippen molar-refractivity contribution < 1.29 is 133 Å². The van der Waals surface area contributed by atoms with E-state index in [0.717, 1.165) is 13.8 Å². The Bertz CT molecular complexity index is 1730. The first-order valence-corrected chi connectivity index (χ1v) is 23.7. The van der Waals surface area contributed by atoms with Crippen molar-refractivity contribution in [2.24, 2.45) is 17.6 Å². The number of ether oxygens (including phenoxy) is 11. The number of rotatable bonds is 17. The molecule has 0 aromatic carbocycles. The predicted molar refractivity (Wildman–Crippen MR) is 229 cm³/mol. The van der Waals surface area contributed by atoms with E-state index >= 15 is 0 Å². The topological polar surface area (TPSA) is 469 Å². The Labute approximate surface area is 412 Å². The van der Waals surface area contributed by atoms with Crippen molar-refractivity contribution >= 4 is 11.8 Å². The summed E-state index contributed by atoms with van der Waals surface area (Å²) < 4.78 is 64.8. The molecule has 6 heterocycles. The zero-order valence-electron chi connectivity index (χ0n) is 40.0. The van der Waals surface area contributed by atoms with Crippen LogP contribution in [0.1, 0.15) is 34.6 Å². The third kappa shape index (κ3) is 12.7. The molecule has 0 spiro atoms. The van der Waals surface area contributed by atoms with Crippen LogP contribution in [-0.2, 0) is 61.7 Å². The van der Waals surface area contributed by atoms with Gasteiger partial charge in [0.1, 0.15) is 110 Å². The minimum absolute atomic E-state index is 0.608. The second-order valence-corrected chi connectivity index (χ2v) is 19.1. The Balaban J connectivity index is 1.15. The maximum Gasteiger partial charge on any atom is 0.217 e. The van der Waals surface area contributed by atoms with E-state index in [1.54, 1.807) is 0 Å². The van der Waals surface area contributed by atoms with Crippen LogP contribution < -0.4 is 16.4 Å². The summed E-state index contributed by atoms with van der Waals surface area (Å²) in [6.07, 6.45) is -38.7. The first kappa shape index (κ1) is 59.1. The highest BCUT2D eigenvalue weighted by Crippen LogP contribution is 2.38. The molecule has 6 rings (SSSR count). The fraction of sp³-hybridized carbons (Fsp3) is 0.952. The average Bonchev–Trinajstić information content (AvgIpc) is 3.34. The molecular formula is C42H73N3O27. The summed E-state index contributed by atoms with van der Waals surface area (Å²) in [5, 5.41) is 155. The van der Waals surface area contributed by atoms with Crippen LogP contribution in [0.5, 0.6) is 0 Å². The first-order chi connectivity index (χ1) is 34.0. The molecule has 30 atom stereocenters. The minimum Gasteiger partial charge on any atom is -0.394 e. The Morgan fingerprint density at radius 2 is 0.861 bits per heavy atom. The fourth-order valence-corrected chi connectivity index (χ4v) is 9.60. The van der Waals surface area contributed by atoms with Gasteiger partial charge in [-0.15, -0.1) is 0 Å². The number of carbonyl (C=O) groups is 2. The van der Waals surface area contributed by atoms with E-state index in [1.807, 2.05) is 0 Å². The summed E-state index contributed by atoms with van der Waals surface area (Å²) in [5.41, 5.74) is 6.02. The van der Waals surface area contributed by atoms with Gasteiger partial charge in [-0.1, -0.05) is 13.8 Å². The van der Waals surface area contributed by atoms with Crippen LogP contribution in [0, 0.1) is 11.8 Å². The van der Waals surface area contributed by atoms with Crippen LogP contribution >= 0.6 is 0 Å². The molecule has 13 unspecified atom stereocenters. The smallest absolute Gasteiger partial charge is 0.217 e. The van der Waals surface area contributed by atoms with E-state index in [-0.39, 0.29) is 0 Å². The lowest BCUT2D eigenvalue weighted by Crippen LogP contribution is -2.69. The summed E-state index contributed by atoms with van der Waals surface area (Å²) in [6, 6.07) is -4.42. The summed E-state index contributed by atoms with van der Waals surface area (Å²) in [4.78, 5) is 24.7. The molecule has 72 heavy (non-hydrogen) atoms. The molecule has 6 fully saturated rings. The second-order valence-electron chi connectivity index (χ2n) is 19.1. The van der Waals surface area contributed by atoms with Crippen LogP contribution in [0.25, 0.3) is 0 Å². The van der Waals surface area contributed by atoms with Gasteiger partial charge in [-0.2, -0.15) is 0 Å². The molecule has 0 aromatic rings. The van der Waals surface area contributed by atoms with Gasteiger partial charge in [-0.25, -0.2) is 0 Å². The second kappa shape index (κ2) is 25.4. The highest BCUT2D eigenvalue weighted by molar-refractivity contribution is 5.73. The molecule has 30 heteroatoms. The van der Waals surface area contributed by atoms with E-state index in [2.05, 4.69) is 10.6 Å². The van der Waals surface area contributed by atoms with Gasteiger partial charge < -0.3 is 140 Å². The van der Waals surface area contributed by atoms with Gasteiger partial charge in [0, 0.05) is 25.7 Å². The van der Waals surface area contributed by atoms with Crippen molar-refractivity contribution in [2.75, 3.05) is 33.0 Å². The van der Waals surface area contributed by atoms with Crippen molar-refractivity contribution in [2.45, 2.75) is 206 Å². The van der Waals surface area contributed by atoms with Gasteiger partial charge in [-0.3, -0.25) is 9.59 Å². The highest BCUT2D eigenvalue weighted by Gasteiger charge is 2.56. The first-order valence-electron chi connectivity index (χ1n) is 23.7. The number of carbonyl (C=O) groups excluding carboxylic acids is 2. The van der Waals surface area contributed by atoms with Crippen LogP contribution in [0.4, 0.5) is 0 Å². The number of aliphatic hydroxyl groups excluding tert-OH is 14. The van der Waals surface area contributed by atoms with Gasteiger partial charge in [0.15, 0.2) is 37.7 Å². The highest BCUT2D eigenvalue weighted by atomic mass is 16.8. The van der Waals surface area contributed by atoms with Crippen LogP contribution in [0.2, 0.25) is 0 Å². The van der Waals surface area contributed by atoms with E-state index < -0.39 is 229 Å². The van der Waals surface area contributed by atoms with Crippen molar-refractivity contribution in [3.63, 3.8) is 0 Å². The number of aliphatic hydroxyl groups is 14. The third-order valence-electron chi connectivity index (χ3n) is 13.9. The quantitative estimate of drug-likeness (QED) is 0.0643. The third-order valence-corrected chi connectivity index (χ3v) is 13.9. The van der Waals surface area contributed by atoms with Crippen molar-refractivity contribution in [3.05, 3.63) is 0 Å². The summed E-state index contributed by atoms with van der Waals surface area (Å²) in [5.74, 6) is -3.60. The van der Waals surface area contributed by atoms with Crippen LogP contribution in [-0.4, -0.2) is 288 Å². The molecule has 0 aromatic heterocycles.